The fourth-order valence-corrected chi connectivity index (χ4v) is 3.12. The largest absolute Gasteiger partial charge is 0.465 e. The Morgan fingerprint density at radius 2 is 1.22 bits per heavy atom. The van der Waals surface area contributed by atoms with Crippen LogP contribution in [0.4, 0.5) is 5.69 Å². The minimum Gasteiger partial charge on any atom is -0.465 e. The SMILES string of the molecule is CCOC(=O)C(C(=O)Nc1ccccc1)(c1ccccc1)c1ccccc1. The first-order valence-electron chi connectivity index (χ1n) is 8.84. The predicted molar refractivity (Wildman–Crippen MR) is 105 cm³/mol. The number of ether oxygens (including phenoxy) is 1. The Labute approximate surface area is 158 Å². The van der Waals surface area contributed by atoms with Crippen molar-refractivity contribution in [1.29, 1.82) is 0 Å². The number of benzene rings is 3. The van der Waals surface area contributed by atoms with Crippen LogP contribution in [0.5, 0.6) is 0 Å². The normalized spacial score (nSPS) is 10.9. The number of para-hydroxylation sites is 1. The van der Waals surface area contributed by atoms with Crippen molar-refractivity contribution in [3.8, 4) is 0 Å². The number of esters is 1. The zero-order valence-electron chi connectivity index (χ0n) is 15.1. The molecular weight excluding hydrogens is 338 g/mol. The number of carbonyl (C=O) groups excluding carboxylic acids is 2. The molecule has 0 spiro atoms. The Balaban J connectivity index is 2.20. The quantitative estimate of drug-likeness (QED) is 0.531. The number of amides is 1. The summed E-state index contributed by atoms with van der Waals surface area (Å²) < 4.78 is 5.38. The summed E-state index contributed by atoms with van der Waals surface area (Å²) in [6, 6.07) is 27.1. The fourth-order valence-electron chi connectivity index (χ4n) is 3.12. The molecule has 27 heavy (non-hydrogen) atoms. The number of rotatable bonds is 6. The minimum absolute atomic E-state index is 0.179. The van der Waals surface area contributed by atoms with Crippen LogP contribution < -0.4 is 5.32 Å². The van der Waals surface area contributed by atoms with Gasteiger partial charge in [-0.3, -0.25) is 9.59 Å². The van der Waals surface area contributed by atoms with Gasteiger partial charge >= 0.3 is 5.97 Å². The molecule has 3 rings (SSSR count). The molecule has 3 aromatic rings. The van der Waals surface area contributed by atoms with E-state index in [1.54, 1.807) is 43.3 Å². The van der Waals surface area contributed by atoms with Crippen LogP contribution in [0.25, 0.3) is 0 Å². The third-order valence-corrected chi connectivity index (χ3v) is 4.37. The molecule has 0 bridgehead atoms. The summed E-state index contributed by atoms with van der Waals surface area (Å²) in [6.07, 6.45) is 0. The summed E-state index contributed by atoms with van der Waals surface area (Å²) in [6.45, 7) is 1.91. The van der Waals surface area contributed by atoms with Crippen LogP contribution in [0, 0.1) is 0 Å². The van der Waals surface area contributed by atoms with Crippen molar-refractivity contribution >= 4 is 17.6 Å². The molecule has 0 radical (unpaired) electrons. The minimum atomic E-state index is -1.60. The highest BCUT2D eigenvalue weighted by molar-refractivity contribution is 6.17. The molecular formula is C23H21NO3. The molecule has 0 fully saturated rings. The Hall–Kier alpha value is -3.40. The number of hydrogen-bond donors (Lipinski definition) is 1. The van der Waals surface area contributed by atoms with Crippen molar-refractivity contribution in [2.75, 3.05) is 11.9 Å². The Bertz CT molecular complexity index is 853. The first-order chi connectivity index (χ1) is 13.2. The van der Waals surface area contributed by atoms with E-state index in [0.29, 0.717) is 16.8 Å². The van der Waals surface area contributed by atoms with Gasteiger partial charge in [-0.1, -0.05) is 78.9 Å². The van der Waals surface area contributed by atoms with Crippen molar-refractivity contribution in [1.82, 2.24) is 0 Å². The van der Waals surface area contributed by atoms with Crippen LogP contribution in [0.15, 0.2) is 91.0 Å². The number of nitrogens with one attached hydrogen (secondary N) is 1. The van der Waals surface area contributed by atoms with E-state index in [2.05, 4.69) is 5.32 Å². The van der Waals surface area contributed by atoms with Crippen molar-refractivity contribution in [3.63, 3.8) is 0 Å². The number of anilines is 1. The molecule has 0 saturated carbocycles. The maximum atomic E-state index is 13.5. The van der Waals surface area contributed by atoms with Gasteiger partial charge < -0.3 is 10.1 Å². The van der Waals surface area contributed by atoms with Gasteiger partial charge in [0.25, 0.3) is 5.91 Å². The second kappa shape index (κ2) is 8.32. The molecule has 1 amide bonds. The van der Waals surface area contributed by atoms with Crippen LogP contribution in [0.1, 0.15) is 18.1 Å². The molecule has 0 aliphatic carbocycles. The fraction of sp³-hybridized carbons (Fsp3) is 0.130. The van der Waals surface area contributed by atoms with Crippen molar-refractivity contribution in [2.45, 2.75) is 12.3 Å². The lowest BCUT2D eigenvalue weighted by Crippen LogP contribution is -2.49. The van der Waals surface area contributed by atoms with E-state index in [1.165, 1.54) is 0 Å². The molecule has 136 valence electrons. The summed E-state index contributed by atoms with van der Waals surface area (Å²) in [5.41, 5.74) is 0.128. The maximum absolute atomic E-state index is 13.5. The zero-order chi connectivity index (χ0) is 19.1. The van der Waals surface area contributed by atoms with Crippen LogP contribution in [-0.4, -0.2) is 18.5 Å². The van der Waals surface area contributed by atoms with Crippen LogP contribution in [-0.2, 0) is 19.7 Å². The van der Waals surface area contributed by atoms with Gasteiger partial charge in [0.15, 0.2) is 5.41 Å². The highest BCUT2D eigenvalue weighted by Gasteiger charge is 2.50. The topological polar surface area (TPSA) is 55.4 Å². The maximum Gasteiger partial charge on any atom is 0.330 e. The molecule has 4 heteroatoms. The van der Waals surface area contributed by atoms with E-state index < -0.39 is 17.3 Å². The first-order valence-corrected chi connectivity index (χ1v) is 8.84. The lowest BCUT2D eigenvalue weighted by Gasteiger charge is -2.31. The third-order valence-electron chi connectivity index (χ3n) is 4.37. The van der Waals surface area contributed by atoms with Gasteiger partial charge in [-0.15, -0.1) is 0 Å². The van der Waals surface area contributed by atoms with Crippen LogP contribution in [0.2, 0.25) is 0 Å². The van der Waals surface area contributed by atoms with Gasteiger partial charge in [-0.05, 0) is 30.2 Å². The molecule has 1 N–H and O–H groups in total. The summed E-state index contributed by atoms with van der Waals surface area (Å²) in [5.74, 6) is -1.06. The van der Waals surface area contributed by atoms with E-state index in [4.69, 9.17) is 4.74 Å². The second-order valence-electron chi connectivity index (χ2n) is 6.02. The Morgan fingerprint density at radius 1 is 0.778 bits per heavy atom. The smallest absolute Gasteiger partial charge is 0.330 e. The van der Waals surface area contributed by atoms with Gasteiger partial charge in [0.2, 0.25) is 0 Å². The first kappa shape index (κ1) is 18.4. The van der Waals surface area contributed by atoms with E-state index in [0.717, 1.165) is 0 Å². The van der Waals surface area contributed by atoms with Crippen molar-refractivity contribution in [2.24, 2.45) is 0 Å². The molecule has 0 aliphatic heterocycles. The number of carbonyl (C=O) groups is 2. The lowest BCUT2D eigenvalue weighted by atomic mass is 9.73. The standard InChI is InChI=1S/C23H21NO3/c1-2-27-22(26)23(18-12-6-3-7-13-18,19-14-8-4-9-15-19)21(25)24-20-16-10-5-11-17-20/h3-17H,2H2,1H3,(H,24,25). The molecule has 0 aliphatic rings. The highest BCUT2D eigenvalue weighted by Crippen LogP contribution is 2.35. The van der Waals surface area contributed by atoms with Gasteiger partial charge in [0.05, 0.1) is 6.61 Å². The van der Waals surface area contributed by atoms with E-state index >= 15 is 0 Å². The van der Waals surface area contributed by atoms with E-state index in [1.807, 2.05) is 54.6 Å². The summed E-state index contributed by atoms with van der Waals surface area (Å²) in [4.78, 5) is 26.8. The second-order valence-corrected chi connectivity index (χ2v) is 6.02. The summed E-state index contributed by atoms with van der Waals surface area (Å²) in [5, 5.41) is 2.88. The van der Waals surface area contributed by atoms with Crippen molar-refractivity contribution < 1.29 is 14.3 Å². The average Bonchev–Trinajstić information content (AvgIpc) is 2.71. The van der Waals surface area contributed by atoms with Gasteiger partial charge in [-0.25, -0.2) is 0 Å². The van der Waals surface area contributed by atoms with Gasteiger partial charge in [0, 0.05) is 5.69 Å². The summed E-state index contributed by atoms with van der Waals surface area (Å²) in [7, 11) is 0. The molecule has 0 atom stereocenters. The molecule has 0 saturated heterocycles. The predicted octanol–water partition coefficient (Wildman–Crippen LogP) is 4.17. The lowest BCUT2D eigenvalue weighted by molar-refractivity contribution is -0.151. The average molecular weight is 359 g/mol. The highest BCUT2D eigenvalue weighted by atomic mass is 16.5. The number of hydrogen-bond acceptors (Lipinski definition) is 3. The molecule has 4 nitrogen and oxygen atoms in total. The zero-order valence-corrected chi connectivity index (χ0v) is 15.1. The Morgan fingerprint density at radius 3 is 1.67 bits per heavy atom. The van der Waals surface area contributed by atoms with Crippen LogP contribution >= 0.6 is 0 Å². The molecule has 0 unspecified atom stereocenters. The van der Waals surface area contributed by atoms with Crippen LogP contribution in [0.3, 0.4) is 0 Å². The molecule has 0 aromatic heterocycles. The third kappa shape index (κ3) is 3.60. The molecule has 0 heterocycles. The summed E-state index contributed by atoms with van der Waals surface area (Å²) >= 11 is 0. The Kier molecular flexibility index (Phi) is 5.67. The van der Waals surface area contributed by atoms with E-state index in [9.17, 15) is 9.59 Å². The molecule has 3 aromatic carbocycles. The van der Waals surface area contributed by atoms with Crippen molar-refractivity contribution in [3.05, 3.63) is 102 Å². The monoisotopic (exact) mass is 359 g/mol. The van der Waals surface area contributed by atoms with E-state index in [-0.39, 0.29) is 6.61 Å². The van der Waals surface area contributed by atoms with Gasteiger partial charge in [0.1, 0.15) is 0 Å². The van der Waals surface area contributed by atoms with Gasteiger partial charge in [-0.2, -0.15) is 0 Å².